The van der Waals surface area contributed by atoms with Crippen LogP contribution in [0.1, 0.15) is 33.7 Å². The summed E-state index contributed by atoms with van der Waals surface area (Å²) in [7, 11) is 0. The van der Waals surface area contributed by atoms with Crippen molar-refractivity contribution in [3.63, 3.8) is 0 Å². The van der Waals surface area contributed by atoms with Gasteiger partial charge >= 0.3 is 5.97 Å². The van der Waals surface area contributed by atoms with Crippen LogP contribution in [0.3, 0.4) is 0 Å². The minimum atomic E-state index is -1.18. The molecule has 0 saturated carbocycles. The van der Waals surface area contributed by atoms with E-state index in [-0.39, 0.29) is 68.2 Å². The molecule has 2 fully saturated rings. The summed E-state index contributed by atoms with van der Waals surface area (Å²) >= 11 is 0. The predicted molar refractivity (Wildman–Crippen MR) is 156 cm³/mol. The lowest BCUT2D eigenvalue weighted by Gasteiger charge is -2.55. The molecule has 11 heteroatoms. The van der Waals surface area contributed by atoms with E-state index in [1.807, 2.05) is 30.3 Å². The lowest BCUT2D eigenvalue weighted by atomic mass is 9.98. The van der Waals surface area contributed by atoms with Gasteiger partial charge in [-0.3, -0.25) is 14.4 Å². The highest BCUT2D eigenvalue weighted by atomic mass is 16.4. The van der Waals surface area contributed by atoms with E-state index in [9.17, 15) is 29.4 Å². The molecule has 2 atom stereocenters. The molecule has 5 rings (SSSR count). The molecule has 11 nitrogen and oxygen atoms in total. The molecule has 43 heavy (non-hydrogen) atoms. The first-order valence-electron chi connectivity index (χ1n) is 14.0. The number of carbonyl (C=O) groups is 4. The maximum atomic E-state index is 14.0. The van der Waals surface area contributed by atoms with Gasteiger partial charge < -0.3 is 20.0 Å². The van der Waals surface area contributed by atoms with Crippen LogP contribution in [-0.4, -0.2) is 90.5 Å². The molecule has 1 aromatic heterocycles. The second-order valence-electron chi connectivity index (χ2n) is 10.6. The van der Waals surface area contributed by atoms with Gasteiger partial charge in [0.2, 0.25) is 17.7 Å². The zero-order valence-electron chi connectivity index (χ0n) is 23.6. The van der Waals surface area contributed by atoms with Crippen molar-refractivity contribution in [2.45, 2.75) is 38.0 Å². The Balaban J connectivity index is 1.50. The second-order valence-corrected chi connectivity index (χ2v) is 10.6. The van der Waals surface area contributed by atoms with E-state index in [0.717, 1.165) is 11.1 Å². The van der Waals surface area contributed by atoms with E-state index >= 15 is 0 Å². The number of hydrogen-bond donors (Lipinski definition) is 2. The molecule has 3 amide bonds. The van der Waals surface area contributed by atoms with Crippen molar-refractivity contribution < 1.29 is 29.4 Å². The normalized spacial score (nSPS) is 18.8. The van der Waals surface area contributed by atoms with Crippen molar-refractivity contribution in [1.82, 2.24) is 24.8 Å². The number of piperazine rings is 1. The minimum absolute atomic E-state index is 0.00192. The number of hydrazine groups is 1. The summed E-state index contributed by atoms with van der Waals surface area (Å²) in [5, 5.41) is 22.4. The molecule has 2 aliphatic heterocycles. The van der Waals surface area contributed by atoms with Crippen molar-refractivity contribution in [1.29, 1.82) is 0 Å². The van der Waals surface area contributed by atoms with E-state index in [2.05, 4.69) is 11.6 Å². The molecule has 0 spiro atoms. The zero-order chi connectivity index (χ0) is 30.5. The number of rotatable bonds is 10. The van der Waals surface area contributed by atoms with E-state index in [1.165, 1.54) is 28.0 Å². The standard InChI is InChI=1S/C32H33N5O6/c1-2-17-35-21-30(40)36-27(18-23-11-14-25(38)15-12-23)31(41)34(19-24-9-6-10-26(33-24)32(42)43)20-28(36)37(35)29(39)16-13-22-7-4-3-5-8-22/h2-12,14-15,27-28,38H,1,13,16-21H2,(H,42,43)/t27-,28-/m0/s1. The van der Waals surface area contributed by atoms with Crippen LogP contribution in [0.15, 0.2) is 85.5 Å². The Hall–Kier alpha value is -5.03. The first kappa shape index (κ1) is 29.5. The molecular weight excluding hydrogens is 550 g/mol. The van der Waals surface area contributed by atoms with Crippen LogP contribution in [-0.2, 0) is 33.8 Å². The molecule has 0 bridgehead atoms. The molecule has 0 aliphatic carbocycles. The van der Waals surface area contributed by atoms with Crippen LogP contribution in [0.4, 0.5) is 0 Å². The third-order valence-electron chi connectivity index (χ3n) is 7.64. The van der Waals surface area contributed by atoms with Crippen molar-refractivity contribution in [2.75, 3.05) is 19.6 Å². The summed E-state index contributed by atoms with van der Waals surface area (Å²) in [4.78, 5) is 60.3. The van der Waals surface area contributed by atoms with Crippen LogP contribution in [0, 0.1) is 0 Å². The number of carboxylic acid groups (broad SMARTS) is 1. The molecular formula is C32H33N5O6. The van der Waals surface area contributed by atoms with Crippen molar-refractivity contribution in [2.24, 2.45) is 0 Å². The molecule has 222 valence electrons. The number of benzene rings is 2. The highest BCUT2D eigenvalue weighted by Crippen LogP contribution is 2.30. The third-order valence-corrected chi connectivity index (χ3v) is 7.64. The van der Waals surface area contributed by atoms with Gasteiger partial charge in [-0.05, 0) is 41.8 Å². The average molecular weight is 584 g/mol. The smallest absolute Gasteiger partial charge is 0.354 e. The van der Waals surface area contributed by atoms with Crippen molar-refractivity contribution in [3.8, 4) is 5.75 Å². The number of nitrogens with zero attached hydrogens (tertiary/aromatic N) is 5. The molecule has 2 N–H and O–H groups in total. The van der Waals surface area contributed by atoms with Gasteiger partial charge in [0.1, 0.15) is 23.7 Å². The van der Waals surface area contributed by atoms with Crippen LogP contribution in [0.25, 0.3) is 0 Å². The summed E-state index contributed by atoms with van der Waals surface area (Å²) in [6, 6.07) is 19.7. The monoisotopic (exact) mass is 583 g/mol. The largest absolute Gasteiger partial charge is 0.508 e. The van der Waals surface area contributed by atoms with Gasteiger partial charge in [0.25, 0.3) is 0 Å². The molecule has 0 unspecified atom stereocenters. The average Bonchev–Trinajstić information content (AvgIpc) is 3.00. The third kappa shape index (κ3) is 6.57. The lowest BCUT2D eigenvalue weighted by Crippen LogP contribution is -2.75. The molecule has 2 saturated heterocycles. The fourth-order valence-electron chi connectivity index (χ4n) is 5.65. The topological polar surface area (TPSA) is 135 Å². The van der Waals surface area contributed by atoms with Gasteiger partial charge in [-0.1, -0.05) is 54.6 Å². The van der Waals surface area contributed by atoms with Crippen molar-refractivity contribution >= 4 is 23.7 Å². The number of aromatic carboxylic acids is 1. The Labute approximate surface area is 249 Å². The number of aryl methyl sites for hydroxylation is 1. The number of aromatic hydroxyl groups is 1. The SMILES string of the molecule is C=CCN1CC(=O)N2[C@@H](Cc3ccc(O)cc3)C(=O)N(Cc3cccc(C(=O)O)n3)C[C@@H]2N1C(=O)CCc1ccccc1. The van der Waals surface area contributed by atoms with Gasteiger partial charge in [0.15, 0.2) is 0 Å². The minimum Gasteiger partial charge on any atom is -0.508 e. The van der Waals surface area contributed by atoms with E-state index in [4.69, 9.17) is 0 Å². The number of carboxylic acids is 1. The number of fused-ring (bicyclic) bond motifs is 1. The van der Waals surface area contributed by atoms with Gasteiger partial charge in [-0.2, -0.15) is 0 Å². The highest BCUT2D eigenvalue weighted by Gasteiger charge is 2.51. The molecule has 3 heterocycles. The number of phenolic OH excluding ortho intramolecular Hbond substituents is 1. The number of aromatic nitrogens is 1. The van der Waals surface area contributed by atoms with Crippen LogP contribution >= 0.6 is 0 Å². The zero-order valence-corrected chi connectivity index (χ0v) is 23.6. The van der Waals surface area contributed by atoms with Gasteiger partial charge in [0, 0.05) is 19.4 Å². The highest BCUT2D eigenvalue weighted by molar-refractivity contribution is 5.92. The number of pyridine rings is 1. The van der Waals surface area contributed by atoms with Crippen LogP contribution in [0.2, 0.25) is 0 Å². The second kappa shape index (κ2) is 12.9. The van der Waals surface area contributed by atoms with Gasteiger partial charge in [-0.15, -0.1) is 6.58 Å². The maximum absolute atomic E-state index is 14.0. The Bertz CT molecular complexity index is 1510. The Morgan fingerprint density at radius 2 is 1.72 bits per heavy atom. The molecule has 2 aromatic carbocycles. The summed E-state index contributed by atoms with van der Waals surface area (Å²) in [6.07, 6.45) is 1.68. The fraction of sp³-hybridized carbons (Fsp3) is 0.281. The lowest BCUT2D eigenvalue weighted by molar-refractivity contribution is -0.205. The summed E-state index contributed by atoms with van der Waals surface area (Å²) in [5.74, 6) is -1.93. The van der Waals surface area contributed by atoms with Crippen molar-refractivity contribution in [3.05, 3.63) is 108 Å². The van der Waals surface area contributed by atoms with Gasteiger partial charge in [-0.25, -0.2) is 19.8 Å². The number of carbonyl (C=O) groups excluding carboxylic acids is 3. The Morgan fingerprint density at radius 1 is 0.977 bits per heavy atom. The molecule has 2 aliphatic rings. The Morgan fingerprint density at radius 3 is 2.42 bits per heavy atom. The number of hydrogen-bond acceptors (Lipinski definition) is 7. The van der Waals surface area contributed by atoms with E-state index < -0.39 is 18.2 Å². The quantitative estimate of drug-likeness (QED) is 0.348. The predicted octanol–water partition coefficient (Wildman–Crippen LogP) is 2.47. The fourth-order valence-corrected chi connectivity index (χ4v) is 5.65. The first-order valence-corrected chi connectivity index (χ1v) is 14.0. The van der Waals surface area contributed by atoms with Gasteiger partial charge in [0.05, 0.1) is 25.3 Å². The number of amides is 3. The first-order chi connectivity index (χ1) is 20.7. The van der Waals surface area contributed by atoms with E-state index in [0.29, 0.717) is 12.1 Å². The Kier molecular flexibility index (Phi) is 8.82. The molecule has 3 aromatic rings. The maximum Gasteiger partial charge on any atom is 0.354 e. The van der Waals surface area contributed by atoms with Crippen LogP contribution < -0.4 is 0 Å². The summed E-state index contributed by atoms with van der Waals surface area (Å²) < 4.78 is 0. The molecule has 0 radical (unpaired) electrons. The van der Waals surface area contributed by atoms with E-state index in [1.54, 1.807) is 40.4 Å². The summed E-state index contributed by atoms with van der Waals surface area (Å²) in [5.41, 5.74) is 1.96. The number of phenols is 1. The van der Waals surface area contributed by atoms with Crippen LogP contribution in [0.5, 0.6) is 5.75 Å². The summed E-state index contributed by atoms with van der Waals surface area (Å²) in [6.45, 7) is 3.98.